The lowest BCUT2D eigenvalue weighted by Crippen LogP contribution is -2.21. The Kier molecular flexibility index (Phi) is 4.26. The Morgan fingerprint density at radius 2 is 1.30 bits per heavy atom. The summed E-state index contributed by atoms with van der Waals surface area (Å²) in [5.41, 5.74) is 1.35. The second-order valence-corrected chi connectivity index (χ2v) is 6.47. The predicted octanol–water partition coefficient (Wildman–Crippen LogP) is 3.35. The number of hydrogen-bond acceptors (Lipinski definition) is 4. The summed E-state index contributed by atoms with van der Waals surface area (Å²) in [6, 6.07) is 15.6. The minimum absolute atomic E-state index is 0.237. The van der Waals surface area contributed by atoms with Gasteiger partial charge < -0.3 is 0 Å². The number of sulfonamides is 1. The van der Waals surface area contributed by atoms with Crippen LogP contribution in [0.15, 0.2) is 69.7 Å². The van der Waals surface area contributed by atoms with Crippen molar-refractivity contribution in [3.8, 4) is 0 Å². The summed E-state index contributed by atoms with van der Waals surface area (Å²) < 4.78 is 25.0. The highest BCUT2D eigenvalue weighted by Crippen LogP contribution is 2.21. The van der Waals surface area contributed by atoms with Crippen LogP contribution in [0, 0.1) is 0 Å². The van der Waals surface area contributed by atoms with Crippen LogP contribution in [0.25, 0.3) is 0 Å². The Bertz CT molecular complexity index is 693. The Balaban J connectivity index is 2.20. The first kappa shape index (κ1) is 14.4. The molecule has 104 valence electrons. The van der Waals surface area contributed by atoms with E-state index in [0.29, 0.717) is 5.69 Å². The first-order valence-electron chi connectivity index (χ1n) is 5.99. The molecule has 0 bridgehead atoms. The standard InChI is InChI=1S/C14H15N3O2S/c1-17(2)20(18,19)14-10-8-13(9-11-14)16-15-12-6-4-3-5-7-12/h3-11H,1-2H3. The van der Waals surface area contributed by atoms with Gasteiger partial charge in [0.2, 0.25) is 10.0 Å². The Labute approximate surface area is 118 Å². The summed E-state index contributed by atoms with van der Waals surface area (Å²) in [5.74, 6) is 0. The summed E-state index contributed by atoms with van der Waals surface area (Å²) in [7, 11) is -0.403. The molecular weight excluding hydrogens is 274 g/mol. The molecule has 0 heterocycles. The van der Waals surface area contributed by atoms with Gasteiger partial charge in [0.25, 0.3) is 0 Å². The summed E-state index contributed by atoms with van der Waals surface area (Å²) in [6.45, 7) is 0. The summed E-state index contributed by atoms with van der Waals surface area (Å²) in [5, 5.41) is 8.13. The van der Waals surface area contributed by atoms with Crippen molar-refractivity contribution < 1.29 is 8.42 Å². The average Bonchev–Trinajstić information content (AvgIpc) is 2.46. The molecule has 2 aromatic carbocycles. The van der Waals surface area contributed by atoms with E-state index < -0.39 is 10.0 Å². The van der Waals surface area contributed by atoms with Gasteiger partial charge in [-0.2, -0.15) is 10.2 Å². The fourth-order valence-corrected chi connectivity index (χ4v) is 2.41. The van der Waals surface area contributed by atoms with E-state index in [4.69, 9.17) is 0 Å². The molecule has 0 spiro atoms. The number of nitrogens with zero attached hydrogens (tertiary/aromatic N) is 3. The maximum Gasteiger partial charge on any atom is 0.242 e. The van der Waals surface area contributed by atoms with E-state index in [-0.39, 0.29) is 4.90 Å². The fourth-order valence-electron chi connectivity index (χ4n) is 1.51. The van der Waals surface area contributed by atoms with Crippen LogP contribution >= 0.6 is 0 Å². The van der Waals surface area contributed by atoms with Gasteiger partial charge in [0.15, 0.2) is 0 Å². The van der Waals surface area contributed by atoms with E-state index in [1.165, 1.54) is 30.5 Å². The molecule has 0 radical (unpaired) electrons. The van der Waals surface area contributed by atoms with Crippen molar-refractivity contribution in [2.24, 2.45) is 10.2 Å². The first-order chi connectivity index (χ1) is 9.50. The Morgan fingerprint density at radius 3 is 1.80 bits per heavy atom. The van der Waals surface area contributed by atoms with Crippen LogP contribution in [0.3, 0.4) is 0 Å². The van der Waals surface area contributed by atoms with Crippen LogP contribution in [-0.2, 0) is 10.0 Å². The molecule has 2 aromatic rings. The van der Waals surface area contributed by atoms with Crippen molar-refractivity contribution in [2.45, 2.75) is 4.90 Å². The molecule has 2 rings (SSSR count). The van der Waals surface area contributed by atoms with Crippen molar-refractivity contribution in [1.29, 1.82) is 0 Å². The zero-order valence-electron chi connectivity index (χ0n) is 11.3. The van der Waals surface area contributed by atoms with Gasteiger partial charge in [-0.1, -0.05) is 18.2 Å². The van der Waals surface area contributed by atoms with Crippen molar-refractivity contribution in [3.05, 3.63) is 54.6 Å². The number of hydrogen-bond donors (Lipinski definition) is 0. The van der Waals surface area contributed by atoms with Gasteiger partial charge in [0.05, 0.1) is 16.3 Å². The van der Waals surface area contributed by atoms with E-state index in [9.17, 15) is 8.42 Å². The van der Waals surface area contributed by atoms with Crippen molar-refractivity contribution in [3.63, 3.8) is 0 Å². The molecule has 0 unspecified atom stereocenters. The number of benzene rings is 2. The smallest absolute Gasteiger partial charge is 0.207 e. The number of rotatable bonds is 4. The van der Waals surface area contributed by atoms with Gasteiger partial charge in [-0.15, -0.1) is 0 Å². The zero-order chi connectivity index (χ0) is 14.6. The molecule has 0 aromatic heterocycles. The van der Waals surface area contributed by atoms with Crippen LogP contribution in [0.4, 0.5) is 11.4 Å². The van der Waals surface area contributed by atoms with Crippen molar-refractivity contribution in [2.75, 3.05) is 14.1 Å². The molecule has 5 nitrogen and oxygen atoms in total. The molecule has 0 aliphatic heterocycles. The highest BCUT2D eigenvalue weighted by atomic mass is 32.2. The molecule has 0 atom stereocenters. The third-order valence-corrected chi connectivity index (χ3v) is 4.48. The van der Waals surface area contributed by atoms with Crippen LogP contribution in [0.1, 0.15) is 0 Å². The van der Waals surface area contributed by atoms with Gasteiger partial charge in [0.1, 0.15) is 0 Å². The third-order valence-electron chi connectivity index (χ3n) is 2.65. The minimum Gasteiger partial charge on any atom is -0.207 e. The Hall–Kier alpha value is -2.05. The van der Waals surface area contributed by atoms with Gasteiger partial charge in [-0.3, -0.25) is 0 Å². The summed E-state index contributed by atoms with van der Waals surface area (Å²) >= 11 is 0. The first-order valence-corrected chi connectivity index (χ1v) is 7.43. The molecular formula is C14H15N3O2S. The molecule has 0 aliphatic carbocycles. The molecule has 0 amide bonds. The van der Waals surface area contributed by atoms with Gasteiger partial charge >= 0.3 is 0 Å². The van der Waals surface area contributed by atoms with Gasteiger partial charge in [0, 0.05) is 14.1 Å². The predicted molar refractivity (Wildman–Crippen MR) is 77.9 cm³/mol. The largest absolute Gasteiger partial charge is 0.242 e. The lowest BCUT2D eigenvalue weighted by atomic mass is 10.3. The van der Waals surface area contributed by atoms with Crippen molar-refractivity contribution in [1.82, 2.24) is 4.31 Å². The van der Waals surface area contributed by atoms with Gasteiger partial charge in [-0.05, 0) is 36.4 Å². The summed E-state index contributed by atoms with van der Waals surface area (Å²) in [4.78, 5) is 0.237. The minimum atomic E-state index is -3.40. The maximum atomic E-state index is 11.9. The molecule has 0 N–H and O–H groups in total. The van der Waals surface area contributed by atoms with Crippen LogP contribution in [0.5, 0.6) is 0 Å². The number of azo groups is 1. The second-order valence-electron chi connectivity index (χ2n) is 4.32. The highest BCUT2D eigenvalue weighted by molar-refractivity contribution is 7.89. The molecule has 20 heavy (non-hydrogen) atoms. The fraction of sp³-hybridized carbons (Fsp3) is 0.143. The highest BCUT2D eigenvalue weighted by Gasteiger charge is 2.16. The lowest BCUT2D eigenvalue weighted by Gasteiger charge is -2.10. The lowest BCUT2D eigenvalue weighted by molar-refractivity contribution is 0.521. The zero-order valence-corrected chi connectivity index (χ0v) is 12.1. The van der Waals surface area contributed by atoms with Crippen LogP contribution in [-0.4, -0.2) is 26.8 Å². The SMILES string of the molecule is CN(C)S(=O)(=O)c1ccc(N=Nc2ccccc2)cc1. The maximum absolute atomic E-state index is 11.9. The van der Waals surface area contributed by atoms with Crippen molar-refractivity contribution >= 4 is 21.4 Å². The van der Waals surface area contributed by atoms with E-state index in [0.717, 1.165) is 5.69 Å². The normalized spacial score (nSPS) is 12.2. The van der Waals surface area contributed by atoms with Crippen LogP contribution < -0.4 is 0 Å². The monoisotopic (exact) mass is 289 g/mol. The van der Waals surface area contributed by atoms with Gasteiger partial charge in [-0.25, -0.2) is 12.7 Å². The van der Waals surface area contributed by atoms with E-state index in [1.54, 1.807) is 12.1 Å². The average molecular weight is 289 g/mol. The third kappa shape index (κ3) is 3.28. The molecule has 0 aliphatic rings. The second kappa shape index (κ2) is 5.94. The van der Waals surface area contributed by atoms with Crippen LogP contribution in [0.2, 0.25) is 0 Å². The molecule has 0 fully saturated rings. The van der Waals surface area contributed by atoms with E-state index >= 15 is 0 Å². The molecule has 6 heteroatoms. The molecule has 0 saturated heterocycles. The quantitative estimate of drug-likeness (QED) is 0.810. The van der Waals surface area contributed by atoms with E-state index in [2.05, 4.69) is 10.2 Å². The topological polar surface area (TPSA) is 62.1 Å². The Morgan fingerprint density at radius 1 is 0.800 bits per heavy atom. The summed E-state index contributed by atoms with van der Waals surface area (Å²) in [6.07, 6.45) is 0. The molecule has 0 saturated carbocycles. The van der Waals surface area contributed by atoms with E-state index in [1.807, 2.05) is 30.3 Å².